The maximum absolute atomic E-state index is 11.1. The second-order valence-electron chi connectivity index (χ2n) is 4.36. The van der Waals surface area contributed by atoms with Crippen molar-refractivity contribution in [1.29, 1.82) is 0 Å². The SMILES string of the molecule is CC(=O)OC(c1cc([N+](=O)[O-])cs1)C(C)(C)[N+](=O)[O-]. The summed E-state index contributed by atoms with van der Waals surface area (Å²) in [5, 5.41) is 22.9. The van der Waals surface area contributed by atoms with Crippen molar-refractivity contribution in [3.63, 3.8) is 0 Å². The van der Waals surface area contributed by atoms with Crippen molar-refractivity contribution in [1.82, 2.24) is 0 Å². The first kappa shape index (κ1) is 15.0. The number of thiophene rings is 1. The predicted octanol–water partition coefficient (Wildman–Crippen LogP) is 2.32. The first-order valence-electron chi connectivity index (χ1n) is 5.20. The summed E-state index contributed by atoms with van der Waals surface area (Å²) in [5.41, 5.74) is -1.76. The molecule has 0 aliphatic carbocycles. The van der Waals surface area contributed by atoms with E-state index in [1.165, 1.54) is 25.3 Å². The number of esters is 1. The van der Waals surface area contributed by atoms with E-state index in [4.69, 9.17) is 4.74 Å². The van der Waals surface area contributed by atoms with Gasteiger partial charge in [0.25, 0.3) is 11.2 Å². The lowest BCUT2D eigenvalue weighted by Crippen LogP contribution is -2.39. The van der Waals surface area contributed by atoms with Gasteiger partial charge in [0.15, 0.2) is 0 Å². The van der Waals surface area contributed by atoms with Gasteiger partial charge in [-0.3, -0.25) is 25.0 Å². The third-order valence-electron chi connectivity index (χ3n) is 2.47. The summed E-state index contributed by atoms with van der Waals surface area (Å²) in [5.74, 6) is -0.684. The number of hydrogen-bond acceptors (Lipinski definition) is 7. The van der Waals surface area contributed by atoms with Gasteiger partial charge in [-0.1, -0.05) is 0 Å². The fourth-order valence-corrected chi connectivity index (χ4v) is 2.45. The van der Waals surface area contributed by atoms with Crippen molar-refractivity contribution in [2.24, 2.45) is 0 Å². The van der Waals surface area contributed by atoms with E-state index in [1.54, 1.807) is 0 Å². The molecule has 0 saturated heterocycles. The molecule has 0 bridgehead atoms. The van der Waals surface area contributed by atoms with Crippen molar-refractivity contribution in [2.75, 3.05) is 0 Å². The van der Waals surface area contributed by atoms with Gasteiger partial charge in [-0.05, 0) is 0 Å². The summed E-state index contributed by atoms with van der Waals surface area (Å²) < 4.78 is 4.96. The van der Waals surface area contributed by atoms with Gasteiger partial charge in [0.05, 0.1) is 15.2 Å². The third kappa shape index (κ3) is 3.25. The van der Waals surface area contributed by atoms with E-state index in [1.807, 2.05) is 0 Å². The van der Waals surface area contributed by atoms with Crippen LogP contribution in [-0.4, -0.2) is 21.4 Å². The van der Waals surface area contributed by atoms with Gasteiger partial charge in [-0.2, -0.15) is 0 Å². The van der Waals surface area contributed by atoms with Gasteiger partial charge < -0.3 is 4.74 Å². The molecule has 0 fully saturated rings. The van der Waals surface area contributed by atoms with Gasteiger partial charge in [0.2, 0.25) is 6.10 Å². The normalized spacial score (nSPS) is 12.8. The van der Waals surface area contributed by atoms with Crippen LogP contribution in [0.25, 0.3) is 0 Å². The van der Waals surface area contributed by atoms with Crippen LogP contribution in [0.5, 0.6) is 0 Å². The number of carbonyl (C=O) groups excluding carboxylic acids is 1. The van der Waals surface area contributed by atoms with Crippen LogP contribution in [0.3, 0.4) is 0 Å². The number of carbonyl (C=O) groups is 1. The minimum Gasteiger partial charge on any atom is -0.449 e. The number of nitro groups is 2. The number of nitrogens with zero attached hydrogens (tertiary/aromatic N) is 2. The Morgan fingerprint density at radius 1 is 1.42 bits per heavy atom. The average molecular weight is 288 g/mol. The highest BCUT2D eigenvalue weighted by atomic mass is 32.1. The van der Waals surface area contributed by atoms with E-state index in [-0.39, 0.29) is 10.6 Å². The van der Waals surface area contributed by atoms with Crippen molar-refractivity contribution in [3.05, 3.63) is 36.6 Å². The lowest BCUT2D eigenvalue weighted by Gasteiger charge is -2.24. The Bertz CT molecular complexity index is 524. The molecule has 0 N–H and O–H groups in total. The minimum absolute atomic E-state index is 0.184. The average Bonchev–Trinajstić information content (AvgIpc) is 2.74. The van der Waals surface area contributed by atoms with E-state index in [2.05, 4.69) is 0 Å². The second-order valence-corrected chi connectivity index (χ2v) is 5.31. The molecular weight excluding hydrogens is 276 g/mol. The zero-order valence-electron chi connectivity index (χ0n) is 10.5. The standard InChI is InChI=1S/C10H12N2O6S/c1-6(13)18-9(10(2,3)12(16)17)8-4-7(5-19-8)11(14)15/h4-5,9H,1-3H3. The molecule has 104 valence electrons. The largest absolute Gasteiger partial charge is 0.449 e. The zero-order chi connectivity index (χ0) is 14.8. The van der Waals surface area contributed by atoms with Gasteiger partial charge in [-0.15, -0.1) is 11.3 Å². The Kier molecular flexibility index (Phi) is 4.20. The smallest absolute Gasteiger partial charge is 0.303 e. The number of ether oxygens (including phenoxy) is 1. The van der Waals surface area contributed by atoms with Crippen LogP contribution in [-0.2, 0) is 9.53 Å². The molecule has 0 aromatic carbocycles. The molecular formula is C10H12N2O6S. The van der Waals surface area contributed by atoms with E-state index in [0.29, 0.717) is 0 Å². The minimum atomic E-state index is -1.58. The number of hydrogen-bond donors (Lipinski definition) is 0. The summed E-state index contributed by atoms with van der Waals surface area (Å²) in [6, 6.07) is 1.18. The first-order chi connectivity index (χ1) is 8.66. The molecule has 1 aromatic rings. The molecule has 0 spiro atoms. The molecule has 1 heterocycles. The molecule has 9 heteroatoms. The molecule has 1 rings (SSSR count). The zero-order valence-corrected chi connectivity index (χ0v) is 11.3. The summed E-state index contributed by atoms with van der Waals surface area (Å²) >= 11 is 0.949. The predicted molar refractivity (Wildman–Crippen MR) is 66.6 cm³/mol. The molecule has 0 saturated carbocycles. The maximum atomic E-state index is 11.1. The maximum Gasteiger partial charge on any atom is 0.303 e. The molecule has 0 aliphatic heterocycles. The number of rotatable bonds is 5. The summed E-state index contributed by atoms with van der Waals surface area (Å²) in [6.07, 6.45) is -1.17. The van der Waals surface area contributed by atoms with E-state index < -0.39 is 27.5 Å². The third-order valence-corrected chi connectivity index (χ3v) is 3.43. The van der Waals surface area contributed by atoms with Gasteiger partial charge in [-0.25, -0.2) is 0 Å². The Hall–Kier alpha value is -2.03. The highest BCUT2D eigenvalue weighted by Crippen LogP contribution is 2.37. The van der Waals surface area contributed by atoms with Gasteiger partial charge in [0.1, 0.15) is 0 Å². The Morgan fingerprint density at radius 3 is 2.37 bits per heavy atom. The van der Waals surface area contributed by atoms with E-state index in [9.17, 15) is 25.0 Å². The van der Waals surface area contributed by atoms with Gasteiger partial charge >= 0.3 is 5.97 Å². The summed E-state index contributed by atoms with van der Waals surface area (Å²) in [7, 11) is 0. The van der Waals surface area contributed by atoms with E-state index >= 15 is 0 Å². The van der Waals surface area contributed by atoms with Crippen LogP contribution in [0.2, 0.25) is 0 Å². The Morgan fingerprint density at radius 2 is 2.00 bits per heavy atom. The fraction of sp³-hybridized carbons (Fsp3) is 0.500. The van der Waals surface area contributed by atoms with Crippen molar-refractivity contribution < 1.29 is 19.4 Å². The lowest BCUT2D eigenvalue weighted by atomic mass is 9.96. The quantitative estimate of drug-likeness (QED) is 0.466. The van der Waals surface area contributed by atoms with Crippen LogP contribution in [0.1, 0.15) is 31.8 Å². The Balaban J connectivity index is 3.19. The molecule has 8 nitrogen and oxygen atoms in total. The van der Waals surface area contributed by atoms with E-state index in [0.717, 1.165) is 18.3 Å². The van der Waals surface area contributed by atoms with Crippen LogP contribution in [0.15, 0.2) is 11.4 Å². The van der Waals surface area contributed by atoms with Crippen LogP contribution < -0.4 is 0 Å². The van der Waals surface area contributed by atoms with Gasteiger partial charge in [0, 0.05) is 31.8 Å². The highest BCUT2D eigenvalue weighted by Gasteiger charge is 2.45. The fourth-order valence-electron chi connectivity index (χ4n) is 1.39. The highest BCUT2D eigenvalue weighted by molar-refractivity contribution is 7.10. The second kappa shape index (κ2) is 5.31. The first-order valence-corrected chi connectivity index (χ1v) is 6.08. The molecule has 0 amide bonds. The van der Waals surface area contributed by atoms with Crippen LogP contribution in [0.4, 0.5) is 5.69 Å². The van der Waals surface area contributed by atoms with Crippen LogP contribution >= 0.6 is 11.3 Å². The monoisotopic (exact) mass is 288 g/mol. The Labute approximate surface area is 112 Å². The van der Waals surface area contributed by atoms with Crippen molar-refractivity contribution in [2.45, 2.75) is 32.4 Å². The molecule has 19 heavy (non-hydrogen) atoms. The lowest BCUT2D eigenvalue weighted by molar-refractivity contribution is -0.574. The molecule has 1 unspecified atom stereocenters. The van der Waals surface area contributed by atoms with Crippen molar-refractivity contribution in [3.8, 4) is 0 Å². The summed E-state index contributed by atoms with van der Waals surface area (Å²) in [4.78, 5) is 31.8. The molecule has 0 radical (unpaired) electrons. The van der Waals surface area contributed by atoms with Crippen LogP contribution in [0, 0.1) is 20.2 Å². The summed E-state index contributed by atoms with van der Waals surface area (Å²) in [6.45, 7) is 3.73. The molecule has 1 aromatic heterocycles. The molecule has 0 aliphatic rings. The van der Waals surface area contributed by atoms with Crippen molar-refractivity contribution >= 4 is 23.0 Å². The molecule has 1 atom stereocenters. The topological polar surface area (TPSA) is 113 Å².